The highest BCUT2D eigenvalue weighted by molar-refractivity contribution is 8.00. The van der Waals surface area contributed by atoms with Crippen LogP contribution in [-0.2, 0) is 11.2 Å². The molecule has 0 heterocycles. The molecule has 0 radical (unpaired) electrons. The number of rotatable bonds is 4. The molecule has 0 bridgehead atoms. The van der Waals surface area contributed by atoms with Gasteiger partial charge in [0.25, 0.3) is 0 Å². The summed E-state index contributed by atoms with van der Waals surface area (Å²) in [5.74, 6) is -1.18. The standard InChI is InChI=1S/C11H8F6O2S/c1-6(18)4-7-5-8(20-11(15,16)17)2-3-9(7)19-10(12,13)14/h2-3,5H,4H2,1H3. The molecule has 1 aromatic carbocycles. The summed E-state index contributed by atoms with van der Waals surface area (Å²) in [5.41, 5.74) is -4.82. The number of carbonyl (C=O) groups is 1. The fourth-order valence-corrected chi connectivity index (χ4v) is 1.99. The molecule has 9 heteroatoms. The summed E-state index contributed by atoms with van der Waals surface area (Å²) in [6, 6.07) is 2.48. The molecule has 0 N–H and O–H groups in total. The summed E-state index contributed by atoms with van der Waals surface area (Å²) in [6.07, 6.45) is -5.43. The van der Waals surface area contributed by atoms with E-state index in [4.69, 9.17) is 0 Å². The first kappa shape index (κ1) is 16.7. The number of halogens is 6. The van der Waals surface area contributed by atoms with E-state index < -0.39 is 41.6 Å². The van der Waals surface area contributed by atoms with Crippen LogP contribution in [0.25, 0.3) is 0 Å². The fraction of sp³-hybridized carbons (Fsp3) is 0.364. The molecular weight excluding hydrogens is 310 g/mol. The summed E-state index contributed by atoms with van der Waals surface area (Å²) < 4.78 is 76.7. The highest BCUT2D eigenvalue weighted by Gasteiger charge is 2.33. The van der Waals surface area contributed by atoms with E-state index in [1.165, 1.54) is 0 Å². The number of thioether (sulfide) groups is 1. The third-order valence-corrected chi connectivity index (χ3v) is 2.65. The van der Waals surface area contributed by atoms with E-state index in [-0.39, 0.29) is 10.5 Å². The minimum absolute atomic E-state index is 0.246. The number of alkyl halides is 6. The Morgan fingerprint density at radius 1 is 1.20 bits per heavy atom. The highest BCUT2D eigenvalue weighted by atomic mass is 32.2. The van der Waals surface area contributed by atoms with Crippen LogP contribution in [0.4, 0.5) is 26.3 Å². The second-order valence-corrected chi connectivity index (χ2v) is 4.88. The Kier molecular flexibility index (Phi) is 4.95. The molecular formula is C11H8F6O2S. The van der Waals surface area contributed by atoms with E-state index in [1.807, 2.05) is 0 Å². The van der Waals surface area contributed by atoms with Crippen LogP contribution in [0, 0.1) is 0 Å². The van der Waals surface area contributed by atoms with Gasteiger partial charge in [-0.25, -0.2) is 0 Å². The lowest BCUT2D eigenvalue weighted by molar-refractivity contribution is -0.274. The van der Waals surface area contributed by atoms with Crippen molar-refractivity contribution >= 4 is 17.5 Å². The van der Waals surface area contributed by atoms with E-state index in [1.54, 1.807) is 0 Å². The van der Waals surface area contributed by atoms with Gasteiger partial charge in [-0.15, -0.1) is 13.2 Å². The minimum Gasteiger partial charge on any atom is -0.405 e. The number of Topliss-reactive ketones (excluding diaryl/α,β-unsaturated/α-hetero) is 1. The number of carbonyl (C=O) groups excluding carboxylic acids is 1. The Morgan fingerprint density at radius 2 is 1.80 bits per heavy atom. The Balaban J connectivity index is 3.09. The van der Waals surface area contributed by atoms with Crippen molar-refractivity contribution in [3.63, 3.8) is 0 Å². The average molecular weight is 318 g/mol. The van der Waals surface area contributed by atoms with Crippen LogP contribution in [-0.4, -0.2) is 17.7 Å². The monoisotopic (exact) mass is 318 g/mol. The average Bonchev–Trinajstić information content (AvgIpc) is 2.16. The lowest BCUT2D eigenvalue weighted by Gasteiger charge is -2.14. The molecule has 0 spiro atoms. The number of ketones is 1. The zero-order chi connectivity index (χ0) is 15.6. The summed E-state index contributed by atoms with van der Waals surface area (Å²) in [6.45, 7) is 1.11. The van der Waals surface area contributed by atoms with Crippen LogP contribution < -0.4 is 4.74 Å². The van der Waals surface area contributed by atoms with E-state index in [0.29, 0.717) is 0 Å². The Morgan fingerprint density at radius 3 is 2.25 bits per heavy atom. The van der Waals surface area contributed by atoms with Crippen LogP contribution in [0.5, 0.6) is 5.75 Å². The maximum absolute atomic E-state index is 12.2. The summed E-state index contributed by atoms with van der Waals surface area (Å²) in [7, 11) is 0. The molecule has 0 aliphatic carbocycles. The van der Waals surface area contributed by atoms with Gasteiger partial charge in [0.2, 0.25) is 0 Å². The largest absolute Gasteiger partial charge is 0.573 e. The first-order valence-corrected chi connectivity index (χ1v) is 5.92. The lowest BCUT2D eigenvalue weighted by Crippen LogP contribution is -2.18. The Labute approximate surface area is 114 Å². The van der Waals surface area contributed by atoms with Gasteiger partial charge < -0.3 is 4.74 Å². The predicted molar refractivity (Wildman–Crippen MR) is 59.4 cm³/mol. The molecule has 0 aliphatic heterocycles. The minimum atomic E-state index is -4.98. The van der Waals surface area contributed by atoms with Gasteiger partial charge in [0.1, 0.15) is 11.5 Å². The maximum atomic E-state index is 12.2. The first-order valence-electron chi connectivity index (χ1n) is 5.10. The van der Waals surface area contributed by atoms with Crippen molar-refractivity contribution in [3.05, 3.63) is 23.8 Å². The van der Waals surface area contributed by atoms with Gasteiger partial charge in [0.15, 0.2) is 0 Å². The molecule has 1 rings (SSSR count). The zero-order valence-corrected chi connectivity index (χ0v) is 10.7. The molecule has 0 saturated carbocycles. The lowest BCUT2D eigenvalue weighted by atomic mass is 10.1. The summed E-state index contributed by atoms with van der Waals surface area (Å²) >= 11 is -0.479. The third kappa shape index (κ3) is 6.18. The second-order valence-electron chi connectivity index (χ2n) is 3.74. The number of benzene rings is 1. The van der Waals surface area contributed by atoms with Crippen LogP contribution in [0.2, 0.25) is 0 Å². The van der Waals surface area contributed by atoms with Crippen LogP contribution in [0.3, 0.4) is 0 Å². The SMILES string of the molecule is CC(=O)Cc1cc(SC(F)(F)F)ccc1OC(F)(F)F. The Bertz CT molecular complexity index is 495. The first-order chi connectivity index (χ1) is 8.96. The van der Waals surface area contributed by atoms with Crippen molar-refractivity contribution in [2.24, 2.45) is 0 Å². The third-order valence-electron chi connectivity index (χ3n) is 1.93. The predicted octanol–water partition coefficient (Wildman–Crippen LogP) is 4.33. The van der Waals surface area contributed by atoms with Gasteiger partial charge in [-0.3, -0.25) is 4.79 Å². The fourth-order valence-electron chi connectivity index (χ4n) is 1.38. The molecule has 0 atom stereocenters. The molecule has 2 nitrogen and oxygen atoms in total. The highest BCUT2D eigenvalue weighted by Crippen LogP contribution is 2.39. The number of ether oxygens (including phenoxy) is 1. The van der Waals surface area contributed by atoms with E-state index in [2.05, 4.69) is 4.74 Å². The van der Waals surface area contributed by atoms with Crippen LogP contribution in [0.15, 0.2) is 23.1 Å². The quantitative estimate of drug-likeness (QED) is 0.610. The second kappa shape index (κ2) is 5.94. The normalized spacial score (nSPS) is 12.3. The molecule has 1 aromatic rings. The molecule has 112 valence electrons. The Hall–Kier alpha value is -1.38. The molecule has 0 fully saturated rings. The van der Waals surface area contributed by atoms with Gasteiger partial charge in [0, 0.05) is 16.9 Å². The molecule has 0 aromatic heterocycles. The maximum Gasteiger partial charge on any atom is 0.573 e. The van der Waals surface area contributed by atoms with Crippen LogP contribution in [0.1, 0.15) is 12.5 Å². The van der Waals surface area contributed by atoms with Crippen molar-refractivity contribution in [1.29, 1.82) is 0 Å². The van der Waals surface area contributed by atoms with Gasteiger partial charge in [-0.2, -0.15) is 13.2 Å². The van der Waals surface area contributed by atoms with Gasteiger partial charge >= 0.3 is 11.9 Å². The van der Waals surface area contributed by atoms with E-state index in [9.17, 15) is 31.1 Å². The van der Waals surface area contributed by atoms with Crippen molar-refractivity contribution in [3.8, 4) is 5.75 Å². The zero-order valence-electron chi connectivity index (χ0n) is 9.93. The molecule has 0 amide bonds. The smallest absolute Gasteiger partial charge is 0.405 e. The van der Waals surface area contributed by atoms with Crippen molar-refractivity contribution in [2.75, 3.05) is 0 Å². The number of hydrogen-bond donors (Lipinski definition) is 0. The molecule has 0 unspecified atom stereocenters. The molecule has 20 heavy (non-hydrogen) atoms. The van der Waals surface area contributed by atoms with E-state index in [0.717, 1.165) is 25.1 Å². The van der Waals surface area contributed by atoms with Crippen molar-refractivity contribution in [2.45, 2.75) is 30.1 Å². The molecule has 0 aliphatic rings. The van der Waals surface area contributed by atoms with Crippen LogP contribution >= 0.6 is 11.8 Å². The number of hydrogen-bond acceptors (Lipinski definition) is 3. The van der Waals surface area contributed by atoms with E-state index >= 15 is 0 Å². The van der Waals surface area contributed by atoms with Crippen molar-refractivity contribution in [1.82, 2.24) is 0 Å². The van der Waals surface area contributed by atoms with Crippen molar-refractivity contribution < 1.29 is 35.9 Å². The summed E-state index contributed by atoms with van der Waals surface area (Å²) in [4.78, 5) is 10.6. The topological polar surface area (TPSA) is 26.3 Å². The van der Waals surface area contributed by atoms with Gasteiger partial charge in [-0.05, 0) is 36.9 Å². The molecule has 0 saturated heterocycles. The summed E-state index contributed by atoms with van der Waals surface area (Å²) in [5, 5.41) is 0. The van der Waals surface area contributed by atoms with Gasteiger partial charge in [-0.1, -0.05) is 0 Å². The van der Waals surface area contributed by atoms with Gasteiger partial charge in [0.05, 0.1) is 0 Å².